The number of nitrogen functional groups attached to an aromatic ring is 1. The van der Waals surface area contributed by atoms with E-state index in [4.69, 9.17) is 10.5 Å². The van der Waals surface area contributed by atoms with Crippen LogP contribution in [0.5, 0.6) is 0 Å². The van der Waals surface area contributed by atoms with E-state index in [2.05, 4.69) is 30.8 Å². The summed E-state index contributed by atoms with van der Waals surface area (Å²) in [5, 5.41) is 4.47. The fourth-order valence-corrected chi connectivity index (χ4v) is 2.39. The van der Waals surface area contributed by atoms with Gasteiger partial charge in [0, 0.05) is 13.6 Å². The molecule has 5 heteroatoms. The summed E-state index contributed by atoms with van der Waals surface area (Å²) in [6, 6.07) is 0.341. The van der Waals surface area contributed by atoms with Crippen molar-refractivity contribution in [3.8, 4) is 0 Å². The lowest BCUT2D eigenvalue weighted by molar-refractivity contribution is 0.0338. The molecule has 1 fully saturated rings. The number of hydrogen-bond acceptors (Lipinski definition) is 4. The van der Waals surface area contributed by atoms with E-state index in [1.165, 1.54) is 0 Å². The Bertz CT molecular complexity index is 401. The topological polar surface area (TPSA) is 56.3 Å². The number of aromatic nitrogens is 2. The van der Waals surface area contributed by atoms with E-state index in [1.807, 2.05) is 11.7 Å². The van der Waals surface area contributed by atoms with Crippen molar-refractivity contribution < 1.29 is 4.74 Å². The van der Waals surface area contributed by atoms with Gasteiger partial charge in [-0.3, -0.25) is 4.68 Å². The van der Waals surface area contributed by atoms with Gasteiger partial charge in [-0.05, 0) is 20.3 Å². The molecule has 0 aliphatic carbocycles. The third-order valence-electron chi connectivity index (χ3n) is 3.34. The molecule has 96 valence electrons. The fourth-order valence-electron chi connectivity index (χ4n) is 2.39. The molecule has 2 N–H and O–H groups in total. The molecule has 0 amide bonds. The summed E-state index contributed by atoms with van der Waals surface area (Å²) in [6.45, 7) is 7.94. The molecular formula is C12H22N4O. The Morgan fingerprint density at radius 3 is 2.76 bits per heavy atom. The second-order valence-corrected chi connectivity index (χ2v) is 4.81. The zero-order chi connectivity index (χ0) is 12.6. The Morgan fingerprint density at radius 2 is 2.18 bits per heavy atom. The van der Waals surface area contributed by atoms with Gasteiger partial charge in [-0.2, -0.15) is 5.10 Å². The highest BCUT2D eigenvalue weighted by atomic mass is 16.5. The highest BCUT2D eigenvalue weighted by Crippen LogP contribution is 2.30. The normalized spacial score (nSPS) is 25.3. The van der Waals surface area contributed by atoms with Crippen LogP contribution in [0.25, 0.3) is 0 Å². The Morgan fingerprint density at radius 1 is 1.47 bits per heavy atom. The Balaban J connectivity index is 2.35. The van der Waals surface area contributed by atoms with Crippen LogP contribution in [0.4, 0.5) is 11.5 Å². The van der Waals surface area contributed by atoms with Crippen molar-refractivity contribution in [1.82, 2.24) is 9.78 Å². The van der Waals surface area contributed by atoms with E-state index in [1.54, 1.807) is 0 Å². The smallest absolute Gasteiger partial charge is 0.150 e. The van der Waals surface area contributed by atoms with Gasteiger partial charge in [0.1, 0.15) is 0 Å². The number of ether oxygens (including phenoxy) is 1. The Hall–Kier alpha value is -1.23. The third-order valence-corrected chi connectivity index (χ3v) is 3.34. The molecule has 2 unspecified atom stereocenters. The molecule has 1 aliphatic heterocycles. The maximum absolute atomic E-state index is 6.19. The highest BCUT2D eigenvalue weighted by molar-refractivity contribution is 5.67. The predicted octanol–water partition coefficient (Wildman–Crippen LogP) is 1.18. The van der Waals surface area contributed by atoms with Crippen LogP contribution in [0.3, 0.4) is 0 Å². The van der Waals surface area contributed by atoms with Crippen LogP contribution in [0.1, 0.15) is 26.5 Å². The monoisotopic (exact) mass is 238 g/mol. The van der Waals surface area contributed by atoms with Crippen LogP contribution in [0.2, 0.25) is 0 Å². The zero-order valence-corrected chi connectivity index (χ0v) is 11.1. The van der Waals surface area contributed by atoms with Gasteiger partial charge >= 0.3 is 0 Å². The lowest BCUT2D eigenvalue weighted by Crippen LogP contribution is -2.48. The minimum Gasteiger partial charge on any atom is -0.394 e. The summed E-state index contributed by atoms with van der Waals surface area (Å²) < 4.78 is 7.53. The summed E-state index contributed by atoms with van der Waals surface area (Å²) in [5.74, 6) is 1.03. The van der Waals surface area contributed by atoms with E-state index < -0.39 is 0 Å². The number of aryl methyl sites for hydroxylation is 2. The van der Waals surface area contributed by atoms with Gasteiger partial charge in [0.05, 0.1) is 30.1 Å². The molecular weight excluding hydrogens is 216 g/mol. The summed E-state index contributed by atoms with van der Waals surface area (Å²) in [4.78, 5) is 2.30. The van der Waals surface area contributed by atoms with Gasteiger partial charge in [-0.25, -0.2) is 0 Å². The van der Waals surface area contributed by atoms with Crippen molar-refractivity contribution in [3.63, 3.8) is 0 Å². The molecule has 0 radical (unpaired) electrons. The van der Waals surface area contributed by atoms with Gasteiger partial charge in [-0.1, -0.05) is 6.92 Å². The lowest BCUT2D eigenvalue weighted by Gasteiger charge is -2.38. The number of nitrogens with two attached hydrogens (primary N) is 1. The van der Waals surface area contributed by atoms with Crippen LogP contribution < -0.4 is 10.6 Å². The molecule has 0 bridgehead atoms. The quantitative estimate of drug-likeness (QED) is 0.840. The molecule has 2 rings (SSSR count). The van der Waals surface area contributed by atoms with Crippen molar-refractivity contribution in [3.05, 3.63) is 5.69 Å². The first kappa shape index (κ1) is 12.2. The largest absolute Gasteiger partial charge is 0.394 e. The molecule has 17 heavy (non-hydrogen) atoms. The molecule has 1 aromatic heterocycles. The van der Waals surface area contributed by atoms with Gasteiger partial charge in [0.25, 0.3) is 0 Å². The van der Waals surface area contributed by atoms with Crippen LogP contribution in [-0.2, 0) is 18.2 Å². The standard InChI is InChI=1S/C12H22N4O/c1-5-10-11(13)12(15(4)14-10)16-6-9(3)17-7-8(16)2/h8-9H,5-7,13H2,1-4H3. The average Bonchev–Trinajstić information content (AvgIpc) is 2.58. The van der Waals surface area contributed by atoms with Gasteiger partial charge < -0.3 is 15.4 Å². The molecule has 2 atom stereocenters. The van der Waals surface area contributed by atoms with Crippen LogP contribution in [0, 0.1) is 0 Å². The van der Waals surface area contributed by atoms with E-state index >= 15 is 0 Å². The summed E-state index contributed by atoms with van der Waals surface area (Å²) >= 11 is 0. The van der Waals surface area contributed by atoms with Gasteiger partial charge in [-0.15, -0.1) is 0 Å². The van der Waals surface area contributed by atoms with Gasteiger partial charge in [0.15, 0.2) is 5.82 Å². The first-order chi connectivity index (χ1) is 8.04. The maximum Gasteiger partial charge on any atom is 0.150 e. The Kier molecular flexibility index (Phi) is 3.28. The molecule has 0 spiro atoms. The SMILES string of the molecule is CCc1nn(C)c(N2CC(C)OCC2C)c1N. The molecule has 0 saturated carbocycles. The Labute approximate surface area is 103 Å². The van der Waals surface area contributed by atoms with Crippen molar-refractivity contribution in [1.29, 1.82) is 0 Å². The van der Waals surface area contributed by atoms with Gasteiger partial charge in [0.2, 0.25) is 0 Å². The minimum atomic E-state index is 0.241. The fraction of sp³-hybridized carbons (Fsp3) is 0.750. The summed E-state index contributed by atoms with van der Waals surface area (Å²) in [6.07, 6.45) is 1.11. The number of nitrogens with zero attached hydrogens (tertiary/aromatic N) is 3. The number of hydrogen-bond donors (Lipinski definition) is 1. The van der Waals surface area contributed by atoms with E-state index in [0.29, 0.717) is 6.04 Å². The van der Waals surface area contributed by atoms with Crippen molar-refractivity contribution >= 4 is 11.5 Å². The molecule has 1 saturated heterocycles. The van der Waals surface area contributed by atoms with Crippen LogP contribution in [-0.4, -0.2) is 35.1 Å². The highest BCUT2D eigenvalue weighted by Gasteiger charge is 2.28. The lowest BCUT2D eigenvalue weighted by atomic mass is 10.2. The molecule has 0 aromatic carbocycles. The van der Waals surface area contributed by atoms with Crippen LogP contribution in [0.15, 0.2) is 0 Å². The second kappa shape index (κ2) is 4.56. The van der Waals surface area contributed by atoms with Crippen molar-refractivity contribution in [2.45, 2.75) is 39.3 Å². The first-order valence-electron chi connectivity index (χ1n) is 6.24. The molecule has 5 nitrogen and oxygen atoms in total. The maximum atomic E-state index is 6.19. The zero-order valence-electron chi connectivity index (χ0n) is 11.1. The molecule has 1 aromatic rings. The average molecular weight is 238 g/mol. The third kappa shape index (κ3) is 2.11. The number of rotatable bonds is 2. The van der Waals surface area contributed by atoms with E-state index in [9.17, 15) is 0 Å². The van der Waals surface area contributed by atoms with Crippen molar-refractivity contribution in [2.24, 2.45) is 7.05 Å². The minimum absolute atomic E-state index is 0.241. The molecule has 2 heterocycles. The summed E-state index contributed by atoms with van der Waals surface area (Å²) in [7, 11) is 1.96. The second-order valence-electron chi connectivity index (χ2n) is 4.81. The molecule has 1 aliphatic rings. The van der Waals surface area contributed by atoms with E-state index in [0.717, 1.165) is 36.8 Å². The predicted molar refractivity (Wildman–Crippen MR) is 69.2 cm³/mol. The first-order valence-corrected chi connectivity index (χ1v) is 6.24. The number of anilines is 2. The summed E-state index contributed by atoms with van der Waals surface area (Å²) in [5.41, 5.74) is 7.98. The number of morpholine rings is 1. The van der Waals surface area contributed by atoms with Crippen LogP contribution >= 0.6 is 0 Å². The van der Waals surface area contributed by atoms with Crippen molar-refractivity contribution in [2.75, 3.05) is 23.8 Å². The van der Waals surface area contributed by atoms with E-state index in [-0.39, 0.29) is 6.10 Å².